The molecule has 1 atom stereocenters. The number of hydrogen-bond donors (Lipinski definition) is 1. The van der Waals surface area contributed by atoms with E-state index in [1.165, 1.54) is 12.8 Å². The van der Waals surface area contributed by atoms with Gasteiger partial charge in [-0.3, -0.25) is 0 Å². The van der Waals surface area contributed by atoms with E-state index in [1.807, 2.05) is 12.1 Å². The standard InChI is InChI=1S/C8H10BrNO/c9-8-4-3-7(11-8)6-2-1-5-10-6/h3-4,6,10H,1-2,5H2/t6-/m0/s1. The maximum atomic E-state index is 5.42. The van der Waals surface area contributed by atoms with Gasteiger partial charge in [0.1, 0.15) is 5.76 Å². The van der Waals surface area contributed by atoms with Crippen LogP contribution in [0.3, 0.4) is 0 Å². The molecule has 0 unspecified atom stereocenters. The van der Waals surface area contributed by atoms with Crippen molar-refractivity contribution in [1.82, 2.24) is 5.32 Å². The van der Waals surface area contributed by atoms with E-state index in [4.69, 9.17) is 4.42 Å². The highest BCUT2D eigenvalue weighted by Crippen LogP contribution is 2.26. The van der Waals surface area contributed by atoms with Gasteiger partial charge in [-0.2, -0.15) is 0 Å². The highest BCUT2D eigenvalue weighted by atomic mass is 79.9. The summed E-state index contributed by atoms with van der Waals surface area (Å²) in [6.45, 7) is 1.11. The molecule has 1 saturated heterocycles. The summed E-state index contributed by atoms with van der Waals surface area (Å²) in [7, 11) is 0. The Labute approximate surface area is 74.1 Å². The van der Waals surface area contributed by atoms with Gasteiger partial charge < -0.3 is 9.73 Å². The molecule has 11 heavy (non-hydrogen) atoms. The Balaban J connectivity index is 2.15. The Hall–Kier alpha value is -0.280. The van der Waals surface area contributed by atoms with Crippen molar-refractivity contribution in [2.45, 2.75) is 18.9 Å². The first-order valence-corrected chi connectivity index (χ1v) is 4.64. The molecule has 0 bridgehead atoms. The maximum Gasteiger partial charge on any atom is 0.169 e. The van der Waals surface area contributed by atoms with E-state index in [0.717, 1.165) is 17.0 Å². The molecule has 1 aromatic heterocycles. The van der Waals surface area contributed by atoms with E-state index >= 15 is 0 Å². The first kappa shape index (κ1) is 7.37. The van der Waals surface area contributed by atoms with E-state index in [0.29, 0.717) is 6.04 Å². The fourth-order valence-electron chi connectivity index (χ4n) is 1.44. The van der Waals surface area contributed by atoms with Crippen molar-refractivity contribution < 1.29 is 4.42 Å². The van der Waals surface area contributed by atoms with Crippen LogP contribution in [0.1, 0.15) is 24.6 Å². The molecule has 2 nitrogen and oxygen atoms in total. The predicted octanol–water partition coefficient (Wildman–Crippen LogP) is 2.47. The minimum Gasteiger partial charge on any atom is -0.453 e. The zero-order valence-electron chi connectivity index (χ0n) is 6.14. The van der Waals surface area contributed by atoms with Crippen LogP contribution >= 0.6 is 15.9 Å². The van der Waals surface area contributed by atoms with E-state index < -0.39 is 0 Å². The SMILES string of the molecule is Brc1ccc([C@@H]2CCCN2)o1. The summed E-state index contributed by atoms with van der Waals surface area (Å²) >= 11 is 3.28. The summed E-state index contributed by atoms with van der Waals surface area (Å²) in [4.78, 5) is 0. The molecular formula is C8H10BrNO. The third-order valence-corrected chi connectivity index (χ3v) is 2.42. The van der Waals surface area contributed by atoms with Gasteiger partial charge in [0.25, 0.3) is 0 Å². The first-order chi connectivity index (χ1) is 5.36. The second-order valence-corrected chi connectivity index (χ2v) is 3.57. The van der Waals surface area contributed by atoms with Crippen LogP contribution in [-0.4, -0.2) is 6.54 Å². The van der Waals surface area contributed by atoms with E-state index in [-0.39, 0.29) is 0 Å². The van der Waals surface area contributed by atoms with Crippen LogP contribution < -0.4 is 5.32 Å². The highest BCUT2D eigenvalue weighted by Gasteiger charge is 2.18. The fraction of sp³-hybridized carbons (Fsp3) is 0.500. The van der Waals surface area contributed by atoms with Gasteiger partial charge in [0.15, 0.2) is 4.67 Å². The Morgan fingerprint density at radius 1 is 1.55 bits per heavy atom. The predicted molar refractivity (Wildman–Crippen MR) is 46.4 cm³/mol. The summed E-state index contributed by atoms with van der Waals surface area (Å²) in [6.07, 6.45) is 2.45. The minimum atomic E-state index is 0.446. The number of halogens is 1. The molecule has 1 N–H and O–H groups in total. The lowest BCUT2D eigenvalue weighted by atomic mass is 10.2. The zero-order valence-corrected chi connectivity index (χ0v) is 7.73. The lowest BCUT2D eigenvalue weighted by Crippen LogP contribution is -2.11. The van der Waals surface area contributed by atoms with Crippen molar-refractivity contribution >= 4 is 15.9 Å². The molecule has 0 saturated carbocycles. The summed E-state index contributed by atoms with van der Waals surface area (Å²) in [5.74, 6) is 1.05. The monoisotopic (exact) mass is 215 g/mol. The third kappa shape index (κ3) is 1.49. The van der Waals surface area contributed by atoms with E-state index in [2.05, 4.69) is 21.2 Å². The van der Waals surface area contributed by atoms with E-state index in [9.17, 15) is 0 Å². The molecule has 60 valence electrons. The van der Waals surface area contributed by atoms with Crippen molar-refractivity contribution in [1.29, 1.82) is 0 Å². The Kier molecular flexibility index (Phi) is 2.00. The maximum absolute atomic E-state index is 5.42. The lowest BCUT2D eigenvalue weighted by Gasteiger charge is -2.04. The molecule has 1 fully saturated rings. The lowest BCUT2D eigenvalue weighted by molar-refractivity contribution is 0.431. The number of furan rings is 1. The zero-order chi connectivity index (χ0) is 7.68. The third-order valence-electron chi connectivity index (χ3n) is 2.00. The Morgan fingerprint density at radius 2 is 2.45 bits per heavy atom. The van der Waals surface area contributed by atoms with Gasteiger partial charge in [-0.25, -0.2) is 0 Å². The van der Waals surface area contributed by atoms with Crippen LogP contribution in [0.4, 0.5) is 0 Å². The molecule has 1 aliphatic rings. The second-order valence-electron chi connectivity index (χ2n) is 2.79. The largest absolute Gasteiger partial charge is 0.453 e. The average Bonchev–Trinajstić information content (AvgIpc) is 2.55. The molecule has 2 rings (SSSR count). The summed E-state index contributed by atoms with van der Waals surface area (Å²) < 4.78 is 6.24. The van der Waals surface area contributed by atoms with Crippen LogP contribution in [-0.2, 0) is 0 Å². The molecule has 1 aromatic rings. The van der Waals surface area contributed by atoms with Crippen molar-refractivity contribution in [2.75, 3.05) is 6.54 Å². The number of rotatable bonds is 1. The topological polar surface area (TPSA) is 25.2 Å². The van der Waals surface area contributed by atoms with Gasteiger partial charge in [0, 0.05) is 0 Å². The van der Waals surface area contributed by atoms with Gasteiger partial charge >= 0.3 is 0 Å². The van der Waals surface area contributed by atoms with Crippen molar-refractivity contribution in [3.05, 3.63) is 22.6 Å². The molecule has 3 heteroatoms. The van der Waals surface area contributed by atoms with Gasteiger partial charge in [-0.1, -0.05) is 0 Å². The second kappa shape index (κ2) is 2.99. The summed E-state index contributed by atoms with van der Waals surface area (Å²) in [6, 6.07) is 4.41. The summed E-state index contributed by atoms with van der Waals surface area (Å²) in [5.41, 5.74) is 0. The van der Waals surface area contributed by atoms with Crippen LogP contribution in [0, 0.1) is 0 Å². The summed E-state index contributed by atoms with van der Waals surface area (Å²) in [5, 5.41) is 3.37. The molecular weight excluding hydrogens is 206 g/mol. The Bertz CT molecular complexity index is 240. The molecule has 0 spiro atoms. The van der Waals surface area contributed by atoms with Crippen molar-refractivity contribution in [3.63, 3.8) is 0 Å². The van der Waals surface area contributed by atoms with Crippen molar-refractivity contribution in [2.24, 2.45) is 0 Å². The average molecular weight is 216 g/mol. The molecule has 1 aliphatic heterocycles. The van der Waals surface area contributed by atoms with E-state index in [1.54, 1.807) is 0 Å². The minimum absolute atomic E-state index is 0.446. The number of nitrogens with one attached hydrogen (secondary N) is 1. The smallest absolute Gasteiger partial charge is 0.169 e. The molecule has 2 heterocycles. The fourth-order valence-corrected chi connectivity index (χ4v) is 1.76. The van der Waals surface area contributed by atoms with Crippen molar-refractivity contribution in [3.8, 4) is 0 Å². The van der Waals surface area contributed by atoms with Gasteiger partial charge in [-0.15, -0.1) is 0 Å². The first-order valence-electron chi connectivity index (χ1n) is 3.85. The van der Waals surface area contributed by atoms with Crippen LogP contribution in [0.2, 0.25) is 0 Å². The molecule has 0 radical (unpaired) electrons. The highest BCUT2D eigenvalue weighted by molar-refractivity contribution is 9.10. The van der Waals surface area contributed by atoms with Crippen LogP contribution in [0.5, 0.6) is 0 Å². The van der Waals surface area contributed by atoms with Gasteiger partial charge in [0.2, 0.25) is 0 Å². The van der Waals surface area contributed by atoms with Gasteiger partial charge in [0.05, 0.1) is 6.04 Å². The Morgan fingerprint density at radius 3 is 3.00 bits per heavy atom. The molecule has 0 aliphatic carbocycles. The molecule has 0 amide bonds. The van der Waals surface area contributed by atoms with Crippen LogP contribution in [0.25, 0.3) is 0 Å². The van der Waals surface area contributed by atoms with Gasteiger partial charge in [-0.05, 0) is 47.4 Å². The quantitative estimate of drug-likeness (QED) is 0.779. The number of hydrogen-bond acceptors (Lipinski definition) is 2. The molecule has 0 aromatic carbocycles. The normalized spacial score (nSPS) is 24.3. The van der Waals surface area contributed by atoms with Crippen LogP contribution in [0.15, 0.2) is 21.2 Å².